The normalized spacial score (nSPS) is 15.4. The molecule has 4 rings (SSSR count). The number of halogens is 3. The van der Waals surface area contributed by atoms with E-state index in [1.165, 1.54) is 6.92 Å². The Kier molecular flexibility index (Phi) is 11.8. The number of hydrogen-bond donors (Lipinski definition) is 0. The lowest BCUT2D eigenvalue weighted by Gasteiger charge is -2.36. The van der Waals surface area contributed by atoms with E-state index in [0.29, 0.717) is 29.3 Å². The molecule has 0 spiro atoms. The molecule has 7 nitrogen and oxygen atoms in total. The van der Waals surface area contributed by atoms with Gasteiger partial charge >= 0.3 is 6.18 Å². The summed E-state index contributed by atoms with van der Waals surface area (Å²) >= 11 is 0. The lowest BCUT2D eigenvalue weighted by molar-refractivity contribution is -0.130. The highest BCUT2D eigenvalue weighted by molar-refractivity contribution is 6.03. The number of amides is 1. The van der Waals surface area contributed by atoms with Crippen molar-refractivity contribution in [1.82, 2.24) is 15.0 Å². The summed E-state index contributed by atoms with van der Waals surface area (Å²) in [7, 11) is 0. The number of hydrogen-bond acceptors (Lipinski definition) is 6. The van der Waals surface area contributed by atoms with Gasteiger partial charge in [-0.15, -0.1) is 6.58 Å². The van der Waals surface area contributed by atoms with Gasteiger partial charge in [-0.2, -0.15) is 13.2 Å². The van der Waals surface area contributed by atoms with Crippen molar-refractivity contribution in [2.75, 3.05) is 22.9 Å². The Bertz CT molecular complexity index is 1270. The number of nitrogens with zero attached hydrogens (tertiary/aromatic N) is 5. The number of allylic oxidation sites excluding steroid dienone is 2. The molecule has 40 heavy (non-hydrogen) atoms. The Labute approximate surface area is 237 Å². The first kappa shape index (κ1) is 32.4. The Hall–Kier alpha value is -3.82. The molecule has 2 aliphatic rings. The van der Waals surface area contributed by atoms with Crippen LogP contribution in [0, 0.1) is 0 Å². The summed E-state index contributed by atoms with van der Waals surface area (Å²) in [6.45, 7) is 18.0. The molecular weight excluding hydrogens is 519 g/mol. The molecule has 4 heterocycles. The lowest BCUT2D eigenvalue weighted by atomic mass is 10.1. The number of aromatic nitrogens is 3. The zero-order chi connectivity index (χ0) is 30.0. The first-order chi connectivity index (χ1) is 19.0. The number of carbonyl (C=O) groups excluding carboxylic acids is 2. The molecule has 0 aliphatic carbocycles. The summed E-state index contributed by atoms with van der Waals surface area (Å²) in [5.41, 5.74) is 3.58. The van der Waals surface area contributed by atoms with Crippen LogP contribution >= 0.6 is 0 Å². The van der Waals surface area contributed by atoms with Gasteiger partial charge in [-0.25, -0.2) is 15.0 Å². The van der Waals surface area contributed by atoms with Crippen LogP contribution < -0.4 is 9.80 Å². The third-order valence-electron chi connectivity index (χ3n) is 6.25. The van der Waals surface area contributed by atoms with E-state index in [1.807, 2.05) is 39.0 Å². The fraction of sp³-hybridized carbons (Fsp3) is 0.433. The molecule has 2 aliphatic heterocycles. The highest BCUT2D eigenvalue weighted by Crippen LogP contribution is 2.39. The Morgan fingerprint density at radius 1 is 1.23 bits per heavy atom. The van der Waals surface area contributed by atoms with Gasteiger partial charge < -0.3 is 4.90 Å². The number of rotatable bonds is 7. The number of fused-ring (bicyclic) bond motifs is 4. The van der Waals surface area contributed by atoms with Gasteiger partial charge in [-0.1, -0.05) is 45.6 Å². The highest BCUT2D eigenvalue weighted by Gasteiger charge is 2.40. The molecular formula is C30H42F3N5O2. The van der Waals surface area contributed by atoms with Crippen LogP contribution in [-0.4, -0.2) is 52.0 Å². The quantitative estimate of drug-likeness (QED) is 0.260. The molecule has 220 valence electrons. The first-order valence-electron chi connectivity index (χ1n) is 13.4. The van der Waals surface area contributed by atoms with Gasteiger partial charge in [0.2, 0.25) is 5.91 Å². The van der Waals surface area contributed by atoms with Crippen molar-refractivity contribution in [2.24, 2.45) is 0 Å². The maximum Gasteiger partial charge on any atom is 0.388 e. The van der Waals surface area contributed by atoms with Gasteiger partial charge in [0.15, 0.2) is 17.4 Å². The number of pyridine rings is 1. The topological polar surface area (TPSA) is 79.3 Å². The zero-order valence-electron chi connectivity index (χ0n) is 23.9. The van der Waals surface area contributed by atoms with E-state index < -0.39 is 12.6 Å². The molecule has 0 N–H and O–H groups in total. The standard InChI is InChI=1S/C25H27N5O2.C3H5F3.C2H6.2H2/c1-5-7-18-14-26-24(27-21(18)8-6-2)16(3)13-23(32)30-19-11-12-29(15-19)22-10-9-20(17(4)31)28-25(22)30;1-2-3(4,5)6;1-2;;/h5-7,9-10,14,19H,2-3,8,11-13,15H2,1,4H3;2H2,1H3;1-2H3;2*1H/b7-5-;;;;/t19-;;;;/m0..../s1. The molecule has 1 atom stereocenters. The van der Waals surface area contributed by atoms with Gasteiger partial charge in [-0.05, 0) is 31.1 Å². The second-order valence-electron chi connectivity index (χ2n) is 9.09. The highest BCUT2D eigenvalue weighted by atomic mass is 19.4. The summed E-state index contributed by atoms with van der Waals surface area (Å²) in [5, 5.41) is 0. The van der Waals surface area contributed by atoms with Crippen molar-refractivity contribution in [3.63, 3.8) is 0 Å². The van der Waals surface area contributed by atoms with Crippen LogP contribution in [0.15, 0.2) is 43.6 Å². The Morgan fingerprint density at radius 3 is 2.48 bits per heavy atom. The number of carbonyl (C=O) groups is 2. The van der Waals surface area contributed by atoms with Crippen molar-refractivity contribution in [3.8, 4) is 0 Å². The predicted octanol–water partition coefficient (Wildman–Crippen LogP) is 7.34. The van der Waals surface area contributed by atoms with Gasteiger partial charge in [0, 0.05) is 47.5 Å². The van der Waals surface area contributed by atoms with Crippen LogP contribution in [0.3, 0.4) is 0 Å². The maximum atomic E-state index is 13.4. The average molecular weight is 562 g/mol. The molecule has 1 amide bonds. The smallest absolute Gasteiger partial charge is 0.366 e. The number of alkyl halides is 3. The van der Waals surface area contributed by atoms with Gasteiger partial charge in [0.1, 0.15) is 5.69 Å². The molecule has 1 saturated heterocycles. The second kappa shape index (κ2) is 14.5. The van der Waals surface area contributed by atoms with Crippen LogP contribution in [0.1, 0.15) is 84.3 Å². The van der Waals surface area contributed by atoms with Crippen LogP contribution in [0.5, 0.6) is 0 Å². The van der Waals surface area contributed by atoms with E-state index in [-0.39, 0.29) is 27.0 Å². The average Bonchev–Trinajstić information content (AvgIpc) is 3.34. The summed E-state index contributed by atoms with van der Waals surface area (Å²) in [6, 6.07) is 3.65. The molecule has 2 aromatic rings. The summed E-state index contributed by atoms with van der Waals surface area (Å²) < 4.78 is 32.4. The number of anilines is 2. The monoisotopic (exact) mass is 561 g/mol. The zero-order valence-corrected chi connectivity index (χ0v) is 23.9. The summed E-state index contributed by atoms with van der Waals surface area (Å²) in [5.74, 6) is 0.782. The van der Waals surface area contributed by atoms with Crippen molar-refractivity contribution in [2.45, 2.75) is 72.5 Å². The maximum absolute atomic E-state index is 13.4. The van der Waals surface area contributed by atoms with Crippen LogP contribution in [0.25, 0.3) is 11.6 Å². The molecule has 0 saturated carbocycles. The fourth-order valence-electron chi connectivity index (χ4n) is 4.29. The van der Waals surface area contributed by atoms with E-state index >= 15 is 0 Å². The third-order valence-corrected chi connectivity index (χ3v) is 6.25. The molecule has 2 aromatic heterocycles. The van der Waals surface area contributed by atoms with Crippen LogP contribution in [-0.2, 0) is 11.2 Å². The molecule has 2 bridgehead atoms. The van der Waals surface area contributed by atoms with E-state index in [9.17, 15) is 22.8 Å². The SMILES string of the molecule is C=CCc1nc(C(=C)CC(=O)N2c3nc(C(C)=O)ccc3N3CC[C@H]2C3)ncc1/C=C\C.CC.CCC(F)(F)F.[HH].[HH]. The summed E-state index contributed by atoms with van der Waals surface area (Å²) in [6.07, 6.45) is 4.29. The minimum atomic E-state index is -3.96. The third kappa shape index (κ3) is 8.09. The molecule has 0 unspecified atom stereocenters. The minimum Gasteiger partial charge on any atom is -0.366 e. The Balaban J connectivity index is 0.00000150. The van der Waals surface area contributed by atoms with Crippen LogP contribution in [0.4, 0.5) is 24.7 Å². The lowest BCUT2D eigenvalue weighted by Crippen LogP contribution is -2.46. The van der Waals surface area contributed by atoms with Crippen molar-refractivity contribution in [3.05, 3.63) is 66.4 Å². The van der Waals surface area contributed by atoms with Gasteiger partial charge in [0.05, 0.1) is 23.8 Å². The Morgan fingerprint density at radius 2 is 1.90 bits per heavy atom. The number of ketones is 1. The predicted molar refractivity (Wildman–Crippen MR) is 159 cm³/mol. The molecule has 10 heteroatoms. The molecule has 0 radical (unpaired) electrons. The van der Waals surface area contributed by atoms with E-state index in [2.05, 4.69) is 33.0 Å². The van der Waals surface area contributed by atoms with E-state index in [0.717, 1.165) is 43.4 Å². The molecule has 0 aromatic carbocycles. The van der Waals surface area contributed by atoms with Crippen molar-refractivity contribution < 1.29 is 25.6 Å². The van der Waals surface area contributed by atoms with Crippen LogP contribution in [0.2, 0.25) is 0 Å². The van der Waals surface area contributed by atoms with E-state index in [4.69, 9.17) is 0 Å². The second-order valence-corrected chi connectivity index (χ2v) is 9.09. The van der Waals surface area contributed by atoms with Gasteiger partial charge in [-0.3, -0.25) is 14.5 Å². The number of Topliss-reactive ketones (excluding diaryl/α,β-unsaturated/α-hetero) is 1. The largest absolute Gasteiger partial charge is 0.388 e. The van der Waals surface area contributed by atoms with E-state index in [1.54, 1.807) is 23.2 Å². The molecule has 1 fully saturated rings. The van der Waals surface area contributed by atoms with Crippen molar-refractivity contribution >= 4 is 34.8 Å². The summed E-state index contributed by atoms with van der Waals surface area (Å²) in [4.78, 5) is 42.9. The first-order valence-corrected chi connectivity index (χ1v) is 13.4. The van der Waals surface area contributed by atoms with Crippen molar-refractivity contribution in [1.29, 1.82) is 0 Å². The fourth-order valence-corrected chi connectivity index (χ4v) is 4.29. The van der Waals surface area contributed by atoms with Gasteiger partial charge in [0.25, 0.3) is 0 Å². The minimum absolute atomic E-state index is 0.